The minimum absolute atomic E-state index is 0.000113. The van der Waals surface area contributed by atoms with Crippen LogP contribution in [-0.2, 0) is 14.2 Å². The Kier molecular flexibility index (Phi) is 9.36. The fourth-order valence-corrected chi connectivity index (χ4v) is 1.03. The van der Waals surface area contributed by atoms with Gasteiger partial charge in [-0.2, -0.15) is 0 Å². The molecule has 0 aromatic heterocycles. The van der Waals surface area contributed by atoms with Crippen LogP contribution in [-0.4, -0.2) is 49.8 Å². The zero-order valence-corrected chi connectivity index (χ0v) is 11.4. The fourth-order valence-electron chi connectivity index (χ4n) is 1.03. The van der Waals surface area contributed by atoms with Gasteiger partial charge in [-0.3, -0.25) is 0 Å². The summed E-state index contributed by atoms with van der Waals surface area (Å²) < 4.78 is 16.4. The number of rotatable bonds is 10. The Labute approximate surface area is 105 Å². The van der Waals surface area contributed by atoms with Crippen LogP contribution in [0.3, 0.4) is 0 Å². The van der Waals surface area contributed by atoms with Crippen molar-refractivity contribution in [1.82, 2.24) is 0 Å². The molecule has 0 aromatic carbocycles. The molecule has 0 fully saturated rings. The molecule has 4 heteroatoms. The first-order valence-corrected chi connectivity index (χ1v) is 6.05. The van der Waals surface area contributed by atoms with Crippen LogP contribution in [0, 0.1) is 0 Å². The molecular weight excluding hydrogens is 220 g/mol. The summed E-state index contributed by atoms with van der Waals surface area (Å²) in [5, 5.41) is 8.79. The van der Waals surface area contributed by atoms with E-state index in [1.165, 1.54) is 0 Å². The molecule has 0 aliphatic carbocycles. The lowest BCUT2D eigenvalue weighted by atomic mass is 10.3. The largest absolute Gasteiger partial charge is 0.394 e. The fraction of sp³-hybridized carbons (Fsp3) is 0.846. The number of ether oxygens (including phenoxy) is 3. The highest BCUT2D eigenvalue weighted by Gasteiger charge is 2.09. The van der Waals surface area contributed by atoms with Gasteiger partial charge in [0.05, 0.1) is 44.7 Å². The molecule has 102 valence electrons. The molecule has 0 rings (SSSR count). The molecule has 3 atom stereocenters. The minimum Gasteiger partial charge on any atom is -0.394 e. The van der Waals surface area contributed by atoms with Crippen LogP contribution < -0.4 is 0 Å². The Morgan fingerprint density at radius 2 is 1.47 bits per heavy atom. The number of aliphatic hydroxyl groups is 1. The smallest absolute Gasteiger partial charge is 0.0785 e. The average Bonchev–Trinajstić information content (AvgIpc) is 2.30. The second-order valence-electron chi connectivity index (χ2n) is 4.55. The van der Waals surface area contributed by atoms with Gasteiger partial charge < -0.3 is 19.3 Å². The summed E-state index contributed by atoms with van der Waals surface area (Å²) in [6, 6.07) is 0. The van der Waals surface area contributed by atoms with Gasteiger partial charge in [0.15, 0.2) is 0 Å². The SMILES string of the molecule is C=C(C)COC(C)COC(C)COC(C)CO. The van der Waals surface area contributed by atoms with Gasteiger partial charge >= 0.3 is 0 Å². The minimum atomic E-state index is -0.141. The molecule has 0 bridgehead atoms. The monoisotopic (exact) mass is 246 g/mol. The second kappa shape index (κ2) is 9.59. The maximum atomic E-state index is 8.79. The van der Waals surface area contributed by atoms with E-state index < -0.39 is 0 Å². The van der Waals surface area contributed by atoms with Gasteiger partial charge in [0.2, 0.25) is 0 Å². The Morgan fingerprint density at radius 1 is 1.00 bits per heavy atom. The molecule has 0 heterocycles. The maximum Gasteiger partial charge on any atom is 0.0785 e. The van der Waals surface area contributed by atoms with E-state index in [1.54, 1.807) is 0 Å². The first-order chi connectivity index (χ1) is 7.95. The molecule has 0 amide bonds. The molecule has 0 aliphatic heterocycles. The molecular formula is C13H26O4. The van der Waals surface area contributed by atoms with E-state index in [0.717, 1.165) is 5.57 Å². The predicted octanol–water partition coefficient (Wildman–Crippen LogP) is 1.77. The third-order valence-electron chi connectivity index (χ3n) is 2.10. The Hall–Kier alpha value is -0.420. The first-order valence-electron chi connectivity index (χ1n) is 6.05. The quantitative estimate of drug-likeness (QED) is 0.597. The lowest BCUT2D eigenvalue weighted by Crippen LogP contribution is -2.26. The van der Waals surface area contributed by atoms with Crippen molar-refractivity contribution in [2.75, 3.05) is 26.4 Å². The Bertz CT molecular complexity index is 206. The molecule has 0 aromatic rings. The van der Waals surface area contributed by atoms with Crippen molar-refractivity contribution in [3.05, 3.63) is 12.2 Å². The van der Waals surface area contributed by atoms with Crippen LogP contribution in [0.25, 0.3) is 0 Å². The molecule has 4 nitrogen and oxygen atoms in total. The summed E-state index contributed by atoms with van der Waals surface area (Å²) in [5.74, 6) is 0. The van der Waals surface area contributed by atoms with Gasteiger partial charge in [-0.15, -0.1) is 0 Å². The first kappa shape index (κ1) is 16.6. The van der Waals surface area contributed by atoms with Crippen LogP contribution in [0.4, 0.5) is 0 Å². The summed E-state index contributed by atoms with van der Waals surface area (Å²) in [6.07, 6.45) is -0.0950. The second-order valence-corrected chi connectivity index (χ2v) is 4.55. The van der Waals surface area contributed by atoms with Crippen LogP contribution in [0.1, 0.15) is 27.7 Å². The standard InChI is InChI=1S/C13H26O4/c1-10(2)7-15-12(4)9-17-13(5)8-16-11(3)6-14/h11-14H,1,6-9H2,2-5H3. The molecule has 3 unspecified atom stereocenters. The van der Waals surface area contributed by atoms with Gasteiger partial charge in [-0.25, -0.2) is 0 Å². The van der Waals surface area contributed by atoms with E-state index in [2.05, 4.69) is 6.58 Å². The third kappa shape index (κ3) is 10.5. The van der Waals surface area contributed by atoms with Crippen molar-refractivity contribution < 1.29 is 19.3 Å². The maximum absolute atomic E-state index is 8.79. The normalized spacial score (nSPS) is 16.5. The molecule has 0 saturated heterocycles. The topological polar surface area (TPSA) is 47.9 Å². The average molecular weight is 246 g/mol. The Morgan fingerprint density at radius 3 is 1.94 bits per heavy atom. The Balaban J connectivity index is 3.54. The van der Waals surface area contributed by atoms with E-state index in [-0.39, 0.29) is 24.9 Å². The lowest BCUT2D eigenvalue weighted by molar-refractivity contribution is -0.0718. The molecule has 0 saturated carbocycles. The molecule has 0 radical (unpaired) electrons. The van der Waals surface area contributed by atoms with E-state index >= 15 is 0 Å². The van der Waals surface area contributed by atoms with E-state index in [0.29, 0.717) is 19.8 Å². The number of hydrogen-bond acceptors (Lipinski definition) is 4. The van der Waals surface area contributed by atoms with Gasteiger partial charge in [0, 0.05) is 0 Å². The van der Waals surface area contributed by atoms with Crippen molar-refractivity contribution in [2.45, 2.75) is 46.0 Å². The summed E-state index contributed by atoms with van der Waals surface area (Å²) in [7, 11) is 0. The summed E-state index contributed by atoms with van der Waals surface area (Å²) in [5.41, 5.74) is 1.00. The highest BCUT2D eigenvalue weighted by molar-refractivity contribution is 4.87. The summed E-state index contributed by atoms with van der Waals surface area (Å²) in [4.78, 5) is 0. The molecule has 0 spiro atoms. The number of hydrogen-bond donors (Lipinski definition) is 1. The van der Waals surface area contributed by atoms with Crippen LogP contribution in [0.2, 0.25) is 0 Å². The van der Waals surface area contributed by atoms with E-state index in [1.807, 2.05) is 27.7 Å². The van der Waals surface area contributed by atoms with E-state index in [4.69, 9.17) is 19.3 Å². The molecule has 1 N–H and O–H groups in total. The van der Waals surface area contributed by atoms with E-state index in [9.17, 15) is 0 Å². The summed E-state index contributed by atoms with van der Waals surface area (Å²) >= 11 is 0. The number of aliphatic hydroxyl groups excluding tert-OH is 1. The third-order valence-corrected chi connectivity index (χ3v) is 2.10. The van der Waals surface area contributed by atoms with Crippen LogP contribution in [0.5, 0.6) is 0 Å². The van der Waals surface area contributed by atoms with Crippen molar-refractivity contribution in [2.24, 2.45) is 0 Å². The van der Waals surface area contributed by atoms with Crippen molar-refractivity contribution in [3.8, 4) is 0 Å². The van der Waals surface area contributed by atoms with Crippen molar-refractivity contribution >= 4 is 0 Å². The zero-order valence-electron chi connectivity index (χ0n) is 11.4. The molecule has 17 heavy (non-hydrogen) atoms. The van der Waals surface area contributed by atoms with Crippen molar-refractivity contribution in [3.63, 3.8) is 0 Å². The lowest BCUT2D eigenvalue weighted by Gasteiger charge is -2.19. The highest BCUT2D eigenvalue weighted by atomic mass is 16.6. The van der Waals surface area contributed by atoms with Crippen molar-refractivity contribution in [1.29, 1.82) is 0 Å². The van der Waals surface area contributed by atoms with Crippen LogP contribution in [0.15, 0.2) is 12.2 Å². The van der Waals surface area contributed by atoms with Gasteiger partial charge in [0.25, 0.3) is 0 Å². The van der Waals surface area contributed by atoms with Gasteiger partial charge in [0.1, 0.15) is 0 Å². The van der Waals surface area contributed by atoms with Gasteiger partial charge in [-0.05, 0) is 27.7 Å². The van der Waals surface area contributed by atoms with Crippen LogP contribution >= 0.6 is 0 Å². The summed E-state index contributed by atoms with van der Waals surface area (Å²) in [6.45, 7) is 13.0. The van der Waals surface area contributed by atoms with Gasteiger partial charge in [-0.1, -0.05) is 12.2 Å². The highest BCUT2D eigenvalue weighted by Crippen LogP contribution is 2.01. The molecule has 0 aliphatic rings. The predicted molar refractivity (Wildman–Crippen MR) is 68.1 cm³/mol. The zero-order chi connectivity index (χ0) is 13.3.